The molecule has 31 heavy (non-hydrogen) atoms. The van der Waals surface area contributed by atoms with Gasteiger partial charge in [0.2, 0.25) is 0 Å². The molecule has 2 aliphatic rings. The van der Waals surface area contributed by atoms with Gasteiger partial charge in [-0.1, -0.05) is 48.2 Å². The number of rotatable bonds is 8. The number of benzene rings is 1. The Labute approximate surface area is 192 Å². The Kier molecular flexibility index (Phi) is 7.04. The van der Waals surface area contributed by atoms with Crippen LogP contribution < -0.4 is 0 Å². The van der Waals surface area contributed by atoms with Crippen LogP contribution in [0.25, 0.3) is 0 Å². The quantitative estimate of drug-likeness (QED) is 0.446. The number of hydrogen-bond acceptors (Lipinski definition) is 6. The third kappa shape index (κ3) is 5.40. The van der Waals surface area contributed by atoms with Crippen molar-refractivity contribution in [2.45, 2.75) is 56.0 Å². The SMILES string of the molecule is c1ccc(Cn2c(SC[C@@H]3CCCO3)nnc2C2CCN(Cc3cccs3)CC2)cc1. The molecule has 1 aromatic carbocycles. The van der Waals surface area contributed by atoms with E-state index in [1.165, 1.54) is 16.9 Å². The van der Waals surface area contributed by atoms with Crippen LogP contribution in [0.5, 0.6) is 0 Å². The molecule has 0 bridgehead atoms. The van der Waals surface area contributed by atoms with Crippen LogP contribution in [0.3, 0.4) is 0 Å². The lowest BCUT2D eigenvalue weighted by Crippen LogP contribution is -2.33. The summed E-state index contributed by atoms with van der Waals surface area (Å²) < 4.78 is 8.20. The second kappa shape index (κ2) is 10.3. The minimum Gasteiger partial charge on any atom is -0.377 e. The fourth-order valence-electron chi connectivity index (χ4n) is 4.54. The number of likely N-dealkylation sites (tertiary alicyclic amines) is 1. The Bertz CT molecular complexity index is 930. The lowest BCUT2D eigenvalue weighted by Gasteiger charge is -2.31. The van der Waals surface area contributed by atoms with Crippen LogP contribution in [0, 0.1) is 0 Å². The molecule has 1 atom stereocenters. The van der Waals surface area contributed by atoms with Gasteiger partial charge >= 0.3 is 0 Å². The van der Waals surface area contributed by atoms with Gasteiger partial charge in [0.25, 0.3) is 0 Å². The second-order valence-corrected chi connectivity index (χ2v) is 10.5. The molecule has 3 aromatic rings. The monoisotopic (exact) mass is 454 g/mol. The van der Waals surface area contributed by atoms with E-state index >= 15 is 0 Å². The molecule has 0 aliphatic carbocycles. The smallest absolute Gasteiger partial charge is 0.191 e. The lowest BCUT2D eigenvalue weighted by atomic mass is 9.95. The number of ether oxygens (including phenoxy) is 1. The first-order valence-electron chi connectivity index (χ1n) is 11.3. The lowest BCUT2D eigenvalue weighted by molar-refractivity contribution is 0.129. The summed E-state index contributed by atoms with van der Waals surface area (Å²) in [6.45, 7) is 5.06. The van der Waals surface area contributed by atoms with E-state index in [2.05, 4.69) is 62.4 Å². The summed E-state index contributed by atoms with van der Waals surface area (Å²) in [5.41, 5.74) is 1.30. The predicted octanol–water partition coefficient (Wildman–Crippen LogP) is 5.04. The highest BCUT2D eigenvalue weighted by Crippen LogP contribution is 2.32. The Morgan fingerprint density at radius 3 is 2.61 bits per heavy atom. The molecule has 7 heteroatoms. The van der Waals surface area contributed by atoms with Gasteiger partial charge in [-0.25, -0.2) is 0 Å². The first kappa shape index (κ1) is 21.2. The third-order valence-electron chi connectivity index (χ3n) is 6.26. The van der Waals surface area contributed by atoms with Crippen LogP contribution in [0.1, 0.15) is 47.9 Å². The van der Waals surface area contributed by atoms with E-state index in [1.807, 2.05) is 23.1 Å². The molecule has 0 radical (unpaired) electrons. The normalized spacial score (nSPS) is 20.5. The predicted molar refractivity (Wildman–Crippen MR) is 127 cm³/mol. The van der Waals surface area contributed by atoms with Crippen molar-refractivity contribution in [1.29, 1.82) is 0 Å². The van der Waals surface area contributed by atoms with E-state index in [9.17, 15) is 0 Å². The maximum absolute atomic E-state index is 5.83. The molecule has 0 saturated carbocycles. The largest absolute Gasteiger partial charge is 0.377 e. The number of hydrogen-bond donors (Lipinski definition) is 0. The van der Waals surface area contributed by atoms with Crippen molar-refractivity contribution in [3.8, 4) is 0 Å². The summed E-state index contributed by atoms with van der Waals surface area (Å²) >= 11 is 3.66. The summed E-state index contributed by atoms with van der Waals surface area (Å²) in [6.07, 6.45) is 4.99. The number of piperidine rings is 1. The molecule has 2 aromatic heterocycles. The molecule has 4 heterocycles. The molecule has 2 aliphatic heterocycles. The van der Waals surface area contributed by atoms with Crippen molar-refractivity contribution in [1.82, 2.24) is 19.7 Å². The van der Waals surface area contributed by atoms with Crippen molar-refractivity contribution < 1.29 is 4.74 Å². The van der Waals surface area contributed by atoms with Gasteiger partial charge in [-0.2, -0.15) is 0 Å². The van der Waals surface area contributed by atoms with Crippen molar-refractivity contribution in [3.05, 3.63) is 64.1 Å². The van der Waals surface area contributed by atoms with Gasteiger partial charge in [0.1, 0.15) is 5.82 Å². The van der Waals surface area contributed by atoms with E-state index in [4.69, 9.17) is 9.84 Å². The Hall–Kier alpha value is -1.67. The second-order valence-electron chi connectivity index (χ2n) is 8.49. The average molecular weight is 455 g/mol. The highest BCUT2D eigenvalue weighted by molar-refractivity contribution is 7.99. The molecule has 0 spiro atoms. The minimum atomic E-state index is 0.357. The number of thioether (sulfide) groups is 1. The highest BCUT2D eigenvalue weighted by Gasteiger charge is 2.27. The number of nitrogens with zero attached hydrogens (tertiary/aromatic N) is 4. The van der Waals surface area contributed by atoms with Gasteiger partial charge in [0.15, 0.2) is 5.16 Å². The molecular weight excluding hydrogens is 424 g/mol. The van der Waals surface area contributed by atoms with Gasteiger partial charge in [0.05, 0.1) is 12.6 Å². The molecule has 0 amide bonds. The molecule has 164 valence electrons. The van der Waals surface area contributed by atoms with E-state index in [-0.39, 0.29) is 0 Å². The van der Waals surface area contributed by atoms with E-state index in [0.717, 1.165) is 68.8 Å². The van der Waals surface area contributed by atoms with Gasteiger partial charge in [0, 0.05) is 29.7 Å². The van der Waals surface area contributed by atoms with Gasteiger partial charge in [-0.05, 0) is 55.8 Å². The first-order valence-corrected chi connectivity index (χ1v) is 13.2. The number of thiophene rings is 1. The van der Waals surface area contributed by atoms with Crippen LogP contribution in [0.15, 0.2) is 53.0 Å². The fraction of sp³-hybridized carbons (Fsp3) is 0.500. The van der Waals surface area contributed by atoms with Gasteiger partial charge < -0.3 is 9.30 Å². The molecule has 2 saturated heterocycles. The molecule has 0 N–H and O–H groups in total. The summed E-state index contributed by atoms with van der Waals surface area (Å²) in [6, 6.07) is 15.1. The molecular formula is C24H30N4OS2. The molecule has 5 nitrogen and oxygen atoms in total. The Balaban J connectivity index is 1.29. The van der Waals surface area contributed by atoms with E-state index in [0.29, 0.717) is 12.0 Å². The van der Waals surface area contributed by atoms with Crippen LogP contribution in [-0.4, -0.2) is 51.2 Å². The van der Waals surface area contributed by atoms with Gasteiger partial charge in [-0.15, -0.1) is 21.5 Å². The van der Waals surface area contributed by atoms with Crippen molar-refractivity contribution in [2.24, 2.45) is 0 Å². The average Bonchev–Trinajstić information content (AvgIpc) is 3.57. The Morgan fingerprint density at radius 1 is 1.00 bits per heavy atom. The molecule has 2 fully saturated rings. The van der Waals surface area contributed by atoms with Crippen LogP contribution in [0.2, 0.25) is 0 Å². The third-order valence-corrected chi connectivity index (χ3v) is 8.22. The summed E-state index contributed by atoms with van der Waals surface area (Å²) in [7, 11) is 0. The molecule has 0 unspecified atom stereocenters. The zero-order valence-electron chi connectivity index (χ0n) is 17.9. The minimum absolute atomic E-state index is 0.357. The van der Waals surface area contributed by atoms with Crippen LogP contribution >= 0.6 is 23.1 Å². The standard InChI is InChI=1S/C24H30N4OS2/c1-2-6-19(7-3-1)16-28-23(25-26-24(28)31-18-21-8-4-14-29-21)20-10-12-27(13-11-20)17-22-9-5-15-30-22/h1-3,5-7,9,15,20-21H,4,8,10-14,16-18H2/t21-/m0/s1. The topological polar surface area (TPSA) is 43.2 Å². The zero-order chi connectivity index (χ0) is 20.9. The van der Waals surface area contributed by atoms with Crippen molar-refractivity contribution in [2.75, 3.05) is 25.4 Å². The van der Waals surface area contributed by atoms with Crippen LogP contribution in [0.4, 0.5) is 0 Å². The maximum Gasteiger partial charge on any atom is 0.191 e. The Morgan fingerprint density at radius 2 is 1.87 bits per heavy atom. The summed E-state index contributed by atoms with van der Waals surface area (Å²) in [4.78, 5) is 4.03. The van der Waals surface area contributed by atoms with E-state index < -0.39 is 0 Å². The highest BCUT2D eigenvalue weighted by atomic mass is 32.2. The van der Waals surface area contributed by atoms with E-state index in [1.54, 1.807) is 0 Å². The molecule has 5 rings (SSSR count). The number of aromatic nitrogens is 3. The fourth-order valence-corrected chi connectivity index (χ4v) is 6.30. The van der Waals surface area contributed by atoms with Crippen LogP contribution in [-0.2, 0) is 17.8 Å². The summed E-state index contributed by atoms with van der Waals surface area (Å²) in [5.74, 6) is 2.61. The first-order chi connectivity index (χ1) is 15.3. The van der Waals surface area contributed by atoms with Crippen molar-refractivity contribution in [3.63, 3.8) is 0 Å². The zero-order valence-corrected chi connectivity index (χ0v) is 19.5. The van der Waals surface area contributed by atoms with Gasteiger partial charge in [-0.3, -0.25) is 4.90 Å². The van der Waals surface area contributed by atoms with Crippen molar-refractivity contribution >= 4 is 23.1 Å². The maximum atomic E-state index is 5.83. The summed E-state index contributed by atoms with van der Waals surface area (Å²) in [5, 5.41) is 12.6.